The van der Waals surface area contributed by atoms with Crippen molar-refractivity contribution in [2.24, 2.45) is 0 Å². The molecular weight excluding hydrogens is 296 g/mol. The number of carbonyl (C=O) groups excluding carboxylic acids is 1. The van der Waals surface area contributed by atoms with E-state index in [-0.39, 0.29) is 24.2 Å². The third-order valence-electron chi connectivity index (χ3n) is 4.58. The Kier molecular flexibility index (Phi) is 5.64. The molecule has 1 amide bonds. The van der Waals surface area contributed by atoms with Crippen LogP contribution in [0.1, 0.15) is 19.8 Å². The number of nitrogens with one attached hydrogen (secondary N) is 1. The molecule has 0 radical (unpaired) electrons. The van der Waals surface area contributed by atoms with Crippen LogP contribution in [0.15, 0.2) is 18.5 Å². The van der Waals surface area contributed by atoms with Gasteiger partial charge in [0.25, 0.3) is 0 Å². The van der Waals surface area contributed by atoms with E-state index >= 15 is 0 Å². The van der Waals surface area contributed by atoms with Crippen LogP contribution in [-0.2, 0) is 20.8 Å². The summed E-state index contributed by atoms with van der Waals surface area (Å²) in [4.78, 5) is 14.5. The van der Waals surface area contributed by atoms with Crippen molar-refractivity contribution in [3.8, 4) is 0 Å². The summed E-state index contributed by atoms with van der Waals surface area (Å²) in [5.74, 6) is 0.0697. The Bertz CT molecular complexity index is 488. The summed E-state index contributed by atoms with van der Waals surface area (Å²) in [5.41, 5.74) is 0. The molecule has 2 saturated heterocycles. The molecule has 0 spiro atoms. The minimum Gasteiger partial charge on any atom is -0.376 e. The van der Waals surface area contributed by atoms with Crippen LogP contribution < -0.4 is 5.32 Å². The molecule has 2 aliphatic heterocycles. The predicted octanol–water partition coefficient (Wildman–Crippen LogP) is 0.268. The fourth-order valence-corrected chi connectivity index (χ4v) is 3.15. The van der Waals surface area contributed by atoms with Crippen LogP contribution in [0.3, 0.4) is 0 Å². The number of amides is 1. The molecule has 23 heavy (non-hydrogen) atoms. The zero-order valence-electron chi connectivity index (χ0n) is 13.7. The Labute approximate surface area is 136 Å². The number of morpholine rings is 1. The quantitative estimate of drug-likeness (QED) is 0.814. The SMILES string of the molecule is CC(C(=O)NCC1CCCO1)N1CCOC(Cn2cccn2)C1. The smallest absolute Gasteiger partial charge is 0.237 e. The highest BCUT2D eigenvalue weighted by molar-refractivity contribution is 5.81. The largest absolute Gasteiger partial charge is 0.376 e. The summed E-state index contributed by atoms with van der Waals surface area (Å²) in [7, 11) is 0. The highest BCUT2D eigenvalue weighted by Crippen LogP contribution is 2.13. The lowest BCUT2D eigenvalue weighted by Gasteiger charge is -2.36. The van der Waals surface area contributed by atoms with Gasteiger partial charge in [-0.3, -0.25) is 14.4 Å². The molecule has 7 nitrogen and oxygen atoms in total. The van der Waals surface area contributed by atoms with Gasteiger partial charge in [-0.25, -0.2) is 0 Å². The summed E-state index contributed by atoms with van der Waals surface area (Å²) in [6, 6.07) is 1.75. The number of rotatable bonds is 6. The molecule has 1 aromatic rings. The molecule has 0 saturated carbocycles. The minimum atomic E-state index is -0.152. The van der Waals surface area contributed by atoms with Gasteiger partial charge in [0, 0.05) is 38.6 Å². The second-order valence-electron chi connectivity index (χ2n) is 6.27. The van der Waals surface area contributed by atoms with Crippen molar-refractivity contribution in [2.75, 3.05) is 32.8 Å². The van der Waals surface area contributed by atoms with Crippen molar-refractivity contribution in [1.29, 1.82) is 0 Å². The molecule has 7 heteroatoms. The topological polar surface area (TPSA) is 68.6 Å². The van der Waals surface area contributed by atoms with E-state index in [1.54, 1.807) is 6.20 Å². The maximum absolute atomic E-state index is 12.4. The fraction of sp³-hybridized carbons (Fsp3) is 0.750. The van der Waals surface area contributed by atoms with Crippen molar-refractivity contribution >= 4 is 5.91 Å². The average molecular weight is 322 g/mol. The highest BCUT2D eigenvalue weighted by Gasteiger charge is 2.28. The molecule has 0 aliphatic carbocycles. The second-order valence-corrected chi connectivity index (χ2v) is 6.27. The predicted molar refractivity (Wildman–Crippen MR) is 85.0 cm³/mol. The fourth-order valence-electron chi connectivity index (χ4n) is 3.15. The maximum atomic E-state index is 12.4. The molecule has 3 heterocycles. The summed E-state index contributed by atoms with van der Waals surface area (Å²) >= 11 is 0. The normalized spacial score (nSPS) is 27.0. The summed E-state index contributed by atoms with van der Waals surface area (Å²) in [6.45, 7) is 6.28. The lowest BCUT2D eigenvalue weighted by Crippen LogP contribution is -2.53. The molecule has 3 rings (SSSR count). The van der Waals surface area contributed by atoms with Gasteiger partial charge in [0.2, 0.25) is 5.91 Å². The number of ether oxygens (including phenoxy) is 2. The molecular formula is C16H26N4O3. The highest BCUT2D eigenvalue weighted by atomic mass is 16.5. The van der Waals surface area contributed by atoms with E-state index in [2.05, 4.69) is 15.3 Å². The van der Waals surface area contributed by atoms with Crippen molar-refractivity contribution in [2.45, 2.75) is 44.6 Å². The monoisotopic (exact) mass is 322 g/mol. The van der Waals surface area contributed by atoms with E-state index in [0.29, 0.717) is 19.7 Å². The van der Waals surface area contributed by atoms with Crippen molar-refractivity contribution in [3.05, 3.63) is 18.5 Å². The third-order valence-corrected chi connectivity index (χ3v) is 4.58. The number of carbonyl (C=O) groups is 1. The molecule has 2 aliphatic rings. The van der Waals surface area contributed by atoms with Crippen molar-refractivity contribution in [3.63, 3.8) is 0 Å². The zero-order chi connectivity index (χ0) is 16.1. The number of hydrogen-bond donors (Lipinski definition) is 1. The average Bonchev–Trinajstić information content (AvgIpc) is 3.25. The molecule has 1 aromatic heterocycles. The molecule has 1 N–H and O–H groups in total. The van der Waals surface area contributed by atoms with Crippen LogP contribution in [0.25, 0.3) is 0 Å². The van der Waals surface area contributed by atoms with E-state index in [1.165, 1.54) is 0 Å². The standard InChI is InChI=1S/C16H26N4O3/c1-13(16(21)17-10-14-4-2-8-22-14)19-7-9-23-15(11-19)12-20-6-3-5-18-20/h3,5-6,13-15H,2,4,7-12H2,1H3,(H,17,21). The minimum absolute atomic E-state index is 0.0667. The zero-order valence-corrected chi connectivity index (χ0v) is 13.7. The van der Waals surface area contributed by atoms with Gasteiger partial charge in [0.05, 0.1) is 31.4 Å². The molecule has 0 bridgehead atoms. The summed E-state index contributed by atoms with van der Waals surface area (Å²) in [6.07, 6.45) is 6.08. The molecule has 128 valence electrons. The van der Waals surface area contributed by atoms with Gasteiger partial charge in [0.1, 0.15) is 0 Å². The van der Waals surface area contributed by atoms with E-state index in [4.69, 9.17) is 9.47 Å². The first kappa shape index (κ1) is 16.4. The Morgan fingerprint density at radius 3 is 3.00 bits per heavy atom. The maximum Gasteiger partial charge on any atom is 0.237 e. The summed E-state index contributed by atoms with van der Waals surface area (Å²) in [5, 5.41) is 7.23. The van der Waals surface area contributed by atoms with E-state index in [1.807, 2.05) is 23.9 Å². The van der Waals surface area contributed by atoms with Gasteiger partial charge < -0.3 is 14.8 Å². The van der Waals surface area contributed by atoms with Gasteiger partial charge >= 0.3 is 0 Å². The number of nitrogens with zero attached hydrogens (tertiary/aromatic N) is 3. The van der Waals surface area contributed by atoms with Gasteiger partial charge in [-0.2, -0.15) is 5.10 Å². The van der Waals surface area contributed by atoms with Crippen LogP contribution in [0.2, 0.25) is 0 Å². The van der Waals surface area contributed by atoms with E-state index < -0.39 is 0 Å². The van der Waals surface area contributed by atoms with Crippen LogP contribution in [0.5, 0.6) is 0 Å². The molecule has 2 fully saturated rings. The first-order chi connectivity index (χ1) is 11.2. The summed E-state index contributed by atoms with van der Waals surface area (Å²) < 4.78 is 13.2. The Hall–Kier alpha value is -1.44. The Morgan fingerprint density at radius 2 is 2.26 bits per heavy atom. The van der Waals surface area contributed by atoms with Crippen LogP contribution >= 0.6 is 0 Å². The van der Waals surface area contributed by atoms with Gasteiger partial charge in [0.15, 0.2) is 0 Å². The number of hydrogen-bond acceptors (Lipinski definition) is 5. The Morgan fingerprint density at radius 1 is 1.39 bits per heavy atom. The third kappa shape index (κ3) is 4.53. The molecule has 0 aromatic carbocycles. The van der Waals surface area contributed by atoms with Crippen LogP contribution in [-0.4, -0.2) is 71.7 Å². The second kappa shape index (κ2) is 7.90. The van der Waals surface area contributed by atoms with Gasteiger partial charge in [-0.1, -0.05) is 0 Å². The lowest BCUT2D eigenvalue weighted by atomic mass is 10.2. The van der Waals surface area contributed by atoms with Crippen LogP contribution in [0, 0.1) is 0 Å². The van der Waals surface area contributed by atoms with Gasteiger partial charge in [-0.05, 0) is 25.8 Å². The Balaban J connectivity index is 1.45. The van der Waals surface area contributed by atoms with E-state index in [9.17, 15) is 4.79 Å². The van der Waals surface area contributed by atoms with Crippen LogP contribution in [0.4, 0.5) is 0 Å². The van der Waals surface area contributed by atoms with Crippen molar-refractivity contribution < 1.29 is 14.3 Å². The first-order valence-corrected chi connectivity index (χ1v) is 8.45. The molecule has 3 unspecified atom stereocenters. The van der Waals surface area contributed by atoms with E-state index in [0.717, 1.165) is 32.5 Å². The molecule has 3 atom stereocenters. The van der Waals surface area contributed by atoms with Gasteiger partial charge in [-0.15, -0.1) is 0 Å². The first-order valence-electron chi connectivity index (χ1n) is 8.45. The number of aromatic nitrogens is 2. The van der Waals surface area contributed by atoms with Crippen molar-refractivity contribution in [1.82, 2.24) is 20.0 Å². The lowest BCUT2D eigenvalue weighted by molar-refractivity contribution is -0.130.